The second kappa shape index (κ2) is 7.01. The fourth-order valence-electron chi connectivity index (χ4n) is 2.54. The molecule has 3 rings (SSSR count). The minimum absolute atomic E-state index is 0.0919. The van der Waals surface area contributed by atoms with Gasteiger partial charge >= 0.3 is 0 Å². The summed E-state index contributed by atoms with van der Waals surface area (Å²) in [6, 6.07) is 11.4. The third-order valence-electron chi connectivity index (χ3n) is 3.86. The molecule has 1 aliphatic rings. The van der Waals surface area contributed by atoms with E-state index in [0.29, 0.717) is 10.6 Å². The SMILES string of the molecule is CN1C(=O)c2ccc(C(=O)Nc3ccccc3SCC(N)=O)cc2C1=O. The quantitative estimate of drug-likeness (QED) is 0.616. The molecular formula is C18H15N3O4S. The normalized spacial score (nSPS) is 12.9. The van der Waals surface area contributed by atoms with Crippen LogP contribution in [0.15, 0.2) is 47.4 Å². The first-order chi connectivity index (χ1) is 12.4. The minimum atomic E-state index is -0.456. The number of anilines is 1. The van der Waals surface area contributed by atoms with Gasteiger partial charge in [0.2, 0.25) is 5.91 Å². The Morgan fingerprint density at radius 2 is 1.77 bits per heavy atom. The molecule has 0 radical (unpaired) electrons. The van der Waals surface area contributed by atoms with Crippen molar-refractivity contribution >= 4 is 41.1 Å². The second-order valence-electron chi connectivity index (χ2n) is 5.63. The van der Waals surface area contributed by atoms with Gasteiger partial charge in [-0.05, 0) is 30.3 Å². The number of para-hydroxylation sites is 1. The lowest BCUT2D eigenvalue weighted by Gasteiger charge is -2.10. The van der Waals surface area contributed by atoms with Crippen molar-refractivity contribution in [3.63, 3.8) is 0 Å². The number of nitrogens with one attached hydrogen (secondary N) is 1. The van der Waals surface area contributed by atoms with E-state index in [-0.39, 0.29) is 28.4 Å². The molecule has 0 aliphatic carbocycles. The van der Waals surface area contributed by atoms with Crippen molar-refractivity contribution in [1.82, 2.24) is 4.90 Å². The molecule has 0 spiro atoms. The average molecular weight is 369 g/mol. The smallest absolute Gasteiger partial charge is 0.261 e. The van der Waals surface area contributed by atoms with Gasteiger partial charge in [0.1, 0.15) is 0 Å². The van der Waals surface area contributed by atoms with Gasteiger partial charge in [0.25, 0.3) is 17.7 Å². The van der Waals surface area contributed by atoms with E-state index in [9.17, 15) is 19.2 Å². The van der Waals surface area contributed by atoms with Crippen molar-refractivity contribution in [3.8, 4) is 0 Å². The summed E-state index contributed by atoms with van der Waals surface area (Å²) in [6.07, 6.45) is 0. The average Bonchev–Trinajstić information content (AvgIpc) is 2.85. The molecule has 0 unspecified atom stereocenters. The summed E-state index contributed by atoms with van der Waals surface area (Å²) in [7, 11) is 1.40. The van der Waals surface area contributed by atoms with Crippen LogP contribution in [-0.2, 0) is 4.79 Å². The standard InChI is InChI=1S/C18H15N3O4S/c1-21-17(24)11-7-6-10(8-12(11)18(21)25)16(23)20-13-4-2-3-5-14(13)26-9-15(19)22/h2-8H,9H2,1H3,(H2,19,22)(H,20,23). The molecule has 26 heavy (non-hydrogen) atoms. The van der Waals surface area contributed by atoms with E-state index >= 15 is 0 Å². The first-order valence-corrected chi connectivity index (χ1v) is 8.65. The molecule has 0 saturated heterocycles. The van der Waals surface area contributed by atoms with Crippen molar-refractivity contribution in [2.24, 2.45) is 5.73 Å². The largest absolute Gasteiger partial charge is 0.369 e. The summed E-state index contributed by atoms with van der Waals surface area (Å²) in [4.78, 5) is 49.2. The monoisotopic (exact) mass is 369 g/mol. The van der Waals surface area contributed by atoms with Crippen LogP contribution in [-0.4, -0.2) is 41.3 Å². The highest BCUT2D eigenvalue weighted by atomic mass is 32.2. The Labute approximate surface area is 153 Å². The highest BCUT2D eigenvalue weighted by molar-refractivity contribution is 8.00. The number of nitrogens with two attached hydrogens (primary N) is 1. The van der Waals surface area contributed by atoms with E-state index < -0.39 is 17.7 Å². The van der Waals surface area contributed by atoms with Crippen LogP contribution in [0.2, 0.25) is 0 Å². The van der Waals surface area contributed by atoms with Crippen LogP contribution in [0.5, 0.6) is 0 Å². The van der Waals surface area contributed by atoms with E-state index in [2.05, 4.69) is 5.32 Å². The number of carbonyl (C=O) groups excluding carboxylic acids is 4. The maximum Gasteiger partial charge on any atom is 0.261 e. The Morgan fingerprint density at radius 1 is 1.08 bits per heavy atom. The predicted octanol–water partition coefficient (Wildman–Crippen LogP) is 1.74. The van der Waals surface area contributed by atoms with Crippen LogP contribution in [0.25, 0.3) is 0 Å². The number of imide groups is 1. The van der Waals surface area contributed by atoms with Crippen molar-refractivity contribution in [3.05, 3.63) is 59.2 Å². The second-order valence-corrected chi connectivity index (χ2v) is 6.65. The van der Waals surface area contributed by atoms with Crippen LogP contribution >= 0.6 is 11.8 Å². The zero-order chi connectivity index (χ0) is 18.8. The predicted molar refractivity (Wildman–Crippen MR) is 97.2 cm³/mol. The molecule has 8 heteroatoms. The number of thioether (sulfide) groups is 1. The Morgan fingerprint density at radius 3 is 2.50 bits per heavy atom. The van der Waals surface area contributed by atoms with E-state index in [4.69, 9.17) is 5.73 Å². The molecule has 4 amide bonds. The Bertz CT molecular complexity index is 942. The molecule has 3 N–H and O–H groups in total. The maximum absolute atomic E-state index is 12.6. The Hall–Kier alpha value is -3.13. The van der Waals surface area contributed by atoms with Crippen LogP contribution < -0.4 is 11.1 Å². The van der Waals surface area contributed by atoms with Gasteiger partial charge in [-0.15, -0.1) is 11.8 Å². The van der Waals surface area contributed by atoms with Gasteiger partial charge in [-0.2, -0.15) is 0 Å². The third kappa shape index (κ3) is 3.31. The molecule has 0 atom stereocenters. The van der Waals surface area contributed by atoms with Crippen molar-refractivity contribution < 1.29 is 19.2 Å². The molecule has 7 nitrogen and oxygen atoms in total. The maximum atomic E-state index is 12.6. The van der Waals surface area contributed by atoms with Gasteiger partial charge < -0.3 is 11.1 Å². The van der Waals surface area contributed by atoms with E-state index in [1.54, 1.807) is 24.3 Å². The van der Waals surface area contributed by atoms with E-state index in [1.807, 2.05) is 0 Å². The molecule has 0 fully saturated rings. The summed E-state index contributed by atoms with van der Waals surface area (Å²) in [5.74, 6) is -1.60. The van der Waals surface area contributed by atoms with Crippen LogP contribution in [0.3, 0.4) is 0 Å². The molecule has 0 bridgehead atoms. The molecule has 0 saturated carbocycles. The van der Waals surface area contributed by atoms with E-state index in [0.717, 1.165) is 4.90 Å². The zero-order valence-electron chi connectivity index (χ0n) is 13.8. The number of amides is 4. The zero-order valence-corrected chi connectivity index (χ0v) is 14.6. The number of hydrogen-bond acceptors (Lipinski definition) is 5. The highest BCUT2D eigenvalue weighted by Crippen LogP contribution is 2.28. The van der Waals surface area contributed by atoms with Gasteiger partial charge in [0, 0.05) is 17.5 Å². The van der Waals surface area contributed by atoms with Gasteiger partial charge in [-0.3, -0.25) is 24.1 Å². The van der Waals surface area contributed by atoms with E-state index in [1.165, 1.54) is 37.0 Å². The number of carbonyl (C=O) groups is 4. The van der Waals surface area contributed by atoms with Crippen LogP contribution in [0.4, 0.5) is 5.69 Å². The lowest BCUT2D eigenvalue weighted by molar-refractivity contribution is -0.115. The van der Waals surface area contributed by atoms with Crippen LogP contribution in [0, 0.1) is 0 Å². The van der Waals surface area contributed by atoms with Crippen molar-refractivity contribution in [2.45, 2.75) is 4.90 Å². The summed E-state index contributed by atoms with van der Waals surface area (Å²) < 4.78 is 0. The Balaban J connectivity index is 1.83. The topological polar surface area (TPSA) is 110 Å². The summed E-state index contributed by atoms with van der Waals surface area (Å²) in [5, 5.41) is 2.76. The summed E-state index contributed by atoms with van der Waals surface area (Å²) in [6.45, 7) is 0. The highest BCUT2D eigenvalue weighted by Gasteiger charge is 2.33. The third-order valence-corrected chi connectivity index (χ3v) is 4.95. The van der Waals surface area contributed by atoms with Gasteiger partial charge in [-0.25, -0.2) is 0 Å². The Kier molecular flexibility index (Phi) is 4.77. The molecule has 1 heterocycles. The van der Waals surface area contributed by atoms with Crippen LogP contribution in [0.1, 0.15) is 31.1 Å². The fourth-order valence-corrected chi connectivity index (χ4v) is 3.29. The van der Waals surface area contributed by atoms with Gasteiger partial charge in [-0.1, -0.05) is 12.1 Å². The lowest BCUT2D eigenvalue weighted by atomic mass is 10.1. The summed E-state index contributed by atoms with van der Waals surface area (Å²) in [5.41, 5.74) is 6.44. The van der Waals surface area contributed by atoms with Crippen molar-refractivity contribution in [1.29, 1.82) is 0 Å². The van der Waals surface area contributed by atoms with Gasteiger partial charge in [0.15, 0.2) is 0 Å². The van der Waals surface area contributed by atoms with Crippen molar-refractivity contribution in [2.75, 3.05) is 18.1 Å². The molecule has 132 valence electrons. The minimum Gasteiger partial charge on any atom is -0.369 e. The fraction of sp³-hybridized carbons (Fsp3) is 0.111. The molecule has 1 aliphatic heterocycles. The number of rotatable bonds is 5. The number of fused-ring (bicyclic) bond motifs is 1. The first-order valence-electron chi connectivity index (χ1n) is 7.66. The lowest BCUT2D eigenvalue weighted by Crippen LogP contribution is -2.24. The number of primary amides is 1. The number of hydrogen-bond donors (Lipinski definition) is 2. The summed E-state index contributed by atoms with van der Waals surface area (Å²) >= 11 is 1.22. The molecular weight excluding hydrogens is 354 g/mol. The first kappa shape index (κ1) is 17.7. The molecule has 2 aromatic carbocycles. The number of benzene rings is 2. The molecule has 2 aromatic rings. The number of nitrogens with zero attached hydrogens (tertiary/aromatic N) is 1. The van der Waals surface area contributed by atoms with Gasteiger partial charge in [0.05, 0.1) is 22.6 Å². The molecule has 0 aromatic heterocycles.